The van der Waals surface area contributed by atoms with Crippen LogP contribution in [0.5, 0.6) is 0 Å². The number of aliphatic imine (C=N–C) groups is 1. The molecule has 0 unspecified atom stereocenters. The Balaban J connectivity index is 2.94. The van der Waals surface area contributed by atoms with E-state index in [1.807, 2.05) is 6.08 Å². The van der Waals surface area contributed by atoms with Gasteiger partial charge in [-0.05, 0) is 25.6 Å². The van der Waals surface area contributed by atoms with Crippen molar-refractivity contribution < 1.29 is 0 Å². The molecule has 0 aromatic carbocycles. The van der Waals surface area contributed by atoms with Crippen molar-refractivity contribution in [3.63, 3.8) is 0 Å². The molecule has 0 amide bonds. The molecular formula is C9H14N2. The molecule has 0 aliphatic carbocycles. The van der Waals surface area contributed by atoms with Crippen LogP contribution in [0.3, 0.4) is 0 Å². The molecule has 0 aromatic heterocycles. The van der Waals surface area contributed by atoms with E-state index in [9.17, 15) is 0 Å². The van der Waals surface area contributed by atoms with Crippen molar-refractivity contribution in [2.45, 2.75) is 12.8 Å². The highest BCUT2D eigenvalue weighted by Crippen LogP contribution is 2.21. The minimum Gasteiger partial charge on any atom is -0.373 e. The molecule has 0 fully saturated rings. The second-order valence-electron chi connectivity index (χ2n) is 2.72. The fourth-order valence-electron chi connectivity index (χ4n) is 1.39. The van der Waals surface area contributed by atoms with E-state index in [-0.39, 0.29) is 0 Å². The van der Waals surface area contributed by atoms with Gasteiger partial charge in [-0.2, -0.15) is 0 Å². The Morgan fingerprint density at radius 1 is 1.64 bits per heavy atom. The zero-order valence-corrected chi connectivity index (χ0v) is 7.01. The lowest BCUT2D eigenvalue weighted by Gasteiger charge is -2.26. The summed E-state index contributed by atoms with van der Waals surface area (Å²) >= 11 is 0. The monoisotopic (exact) mass is 150 g/mol. The van der Waals surface area contributed by atoms with Gasteiger partial charge < -0.3 is 4.90 Å². The Bertz CT molecular complexity index is 204. The quantitative estimate of drug-likeness (QED) is 0.548. The second-order valence-corrected chi connectivity index (χ2v) is 2.72. The van der Waals surface area contributed by atoms with Gasteiger partial charge in [-0.25, -0.2) is 0 Å². The summed E-state index contributed by atoms with van der Waals surface area (Å²) in [4.78, 5) is 6.13. The van der Waals surface area contributed by atoms with Crippen LogP contribution in [0.2, 0.25) is 0 Å². The van der Waals surface area contributed by atoms with Gasteiger partial charge in [0, 0.05) is 13.6 Å². The number of hydrogen-bond donors (Lipinski definition) is 0. The third kappa shape index (κ3) is 1.50. The average Bonchev–Trinajstić information content (AvgIpc) is 2.04. The van der Waals surface area contributed by atoms with Gasteiger partial charge in [-0.3, -0.25) is 4.99 Å². The predicted molar refractivity (Wildman–Crippen MR) is 48.6 cm³/mol. The Kier molecular flexibility index (Phi) is 2.47. The van der Waals surface area contributed by atoms with E-state index in [1.165, 1.54) is 6.42 Å². The maximum absolute atomic E-state index is 3.97. The summed E-state index contributed by atoms with van der Waals surface area (Å²) in [5.74, 6) is 0. The van der Waals surface area contributed by atoms with Crippen LogP contribution >= 0.6 is 0 Å². The van der Waals surface area contributed by atoms with Crippen molar-refractivity contribution >= 4 is 6.72 Å². The number of nitrogens with zero attached hydrogens (tertiary/aromatic N) is 2. The van der Waals surface area contributed by atoms with Crippen molar-refractivity contribution in [2.24, 2.45) is 4.99 Å². The molecule has 0 saturated heterocycles. The van der Waals surface area contributed by atoms with Crippen molar-refractivity contribution in [3.05, 3.63) is 24.0 Å². The summed E-state index contributed by atoms with van der Waals surface area (Å²) in [6.07, 6.45) is 4.06. The largest absolute Gasteiger partial charge is 0.373 e. The Hall–Kier alpha value is -1.05. The molecule has 1 heterocycles. The minimum absolute atomic E-state index is 1.04. The molecule has 11 heavy (non-hydrogen) atoms. The molecule has 1 aliphatic rings. The topological polar surface area (TPSA) is 15.6 Å². The highest BCUT2D eigenvalue weighted by Gasteiger charge is 2.12. The zero-order chi connectivity index (χ0) is 8.27. The van der Waals surface area contributed by atoms with Crippen LogP contribution in [-0.4, -0.2) is 25.2 Å². The van der Waals surface area contributed by atoms with Crippen LogP contribution in [0.15, 0.2) is 29.0 Å². The third-order valence-electron chi connectivity index (χ3n) is 2.00. The fraction of sp³-hybridized carbons (Fsp3) is 0.444. The van der Waals surface area contributed by atoms with Gasteiger partial charge >= 0.3 is 0 Å². The molecule has 2 nitrogen and oxygen atoms in total. The average molecular weight is 150 g/mol. The first-order valence-corrected chi connectivity index (χ1v) is 3.83. The molecule has 1 aliphatic heterocycles. The maximum atomic E-state index is 3.97. The Morgan fingerprint density at radius 3 is 2.82 bits per heavy atom. The number of rotatable bonds is 2. The Labute approximate surface area is 67.9 Å². The lowest BCUT2D eigenvalue weighted by molar-refractivity contribution is 0.390. The van der Waals surface area contributed by atoms with Gasteiger partial charge in [0.25, 0.3) is 0 Å². The van der Waals surface area contributed by atoms with Gasteiger partial charge in [0.1, 0.15) is 0 Å². The van der Waals surface area contributed by atoms with E-state index < -0.39 is 0 Å². The Morgan fingerprint density at radius 2 is 2.36 bits per heavy atom. The van der Waals surface area contributed by atoms with Crippen LogP contribution < -0.4 is 0 Å². The summed E-state index contributed by atoms with van der Waals surface area (Å²) in [7, 11) is 2.06. The smallest absolute Gasteiger partial charge is 0.0629 e. The van der Waals surface area contributed by atoms with E-state index in [0.717, 1.165) is 24.4 Å². The van der Waals surface area contributed by atoms with Gasteiger partial charge in [-0.15, -0.1) is 0 Å². The first-order valence-electron chi connectivity index (χ1n) is 3.83. The zero-order valence-electron chi connectivity index (χ0n) is 7.01. The van der Waals surface area contributed by atoms with E-state index in [1.54, 1.807) is 0 Å². The summed E-state index contributed by atoms with van der Waals surface area (Å²) < 4.78 is 0. The molecule has 2 heteroatoms. The number of hydrogen-bond acceptors (Lipinski definition) is 2. The standard InChI is InChI=1S/C9H14N2/c1-4-9-8(10-2)6-5-7-11(9)3/h4H,1-2,5-7H2,3H3. The molecule has 0 bridgehead atoms. The summed E-state index contributed by atoms with van der Waals surface area (Å²) in [6, 6.07) is 0. The van der Waals surface area contributed by atoms with E-state index in [2.05, 4.69) is 30.2 Å². The highest BCUT2D eigenvalue weighted by molar-refractivity contribution is 5.34. The predicted octanol–water partition coefficient (Wildman–Crippen LogP) is 1.81. The van der Waals surface area contributed by atoms with Crippen LogP contribution in [0, 0.1) is 0 Å². The molecule has 1 rings (SSSR count). The number of allylic oxidation sites excluding steroid dienone is 2. The van der Waals surface area contributed by atoms with E-state index in [0.29, 0.717) is 0 Å². The lowest BCUT2D eigenvalue weighted by atomic mass is 10.1. The van der Waals surface area contributed by atoms with Gasteiger partial charge in [0.15, 0.2) is 0 Å². The maximum Gasteiger partial charge on any atom is 0.0629 e. The van der Waals surface area contributed by atoms with Gasteiger partial charge in [0.05, 0.1) is 11.4 Å². The fourth-order valence-corrected chi connectivity index (χ4v) is 1.39. The summed E-state index contributed by atoms with van der Waals surface area (Å²) in [6.45, 7) is 8.38. The van der Waals surface area contributed by atoms with Crippen molar-refractivity contribution in [3.8, 4) is 0 Å². The van der Waals surface area contributed by atoms with Crippen molar-refractivity contribution in [1.29, 1.82) is 0 Å². The molecule has 0 N–H and O–H groups in total. The molecule has 0 aromatic rings. The first kappa shape index (κ1) is 8.05. The normalized spacial score (nSPS) is 18.5. The second kappa shape index (κ2) is 3.37. The van der Waals surface area contributed by atoms with Crippen LogP contribution in [-0.2, 0) is 0 Å². The molecule has 0 saturated carbocycles. The molecule has 60 valence electrons. The van der Waals surface area contributed by atoms with Gasteiger partial charge in [0.2, 0.25) is 0 Å². The first-order chi connectivity index (χ1) is 5.29. The van der Waals surface area contributed by atoms with Crippen LogP contribution in [0.25, 0.3) is 0 Å². The lowest BCUT2D eigenvalue weighted by Crippen LogP contribution is -2.23. The summed E-state index contributed by atoms with van der Waals surface area (Å²) in [5.41, 5.74) is 2.21. The molecule has 0 atom stereocenters. The van der Waals surface area contributed by atoms with Crippen LogP contribution in [0.4, 0.5) is 0 Å². The van der Waals surface area contributed by atoms with Gasteiger partial charge in [-0.1, -0.05) is 6.58 Å². The third-order valence-corrected chi connectivity index (χ3v) is 2.00. The molecular weight excluding hydrogens is 136 g/mol. The summed E-state index contributed by atoms with van der Waals surface area (Å²) in [5, 5.41) is 0. The highest BCUT2D eigenvalue weighted by atomic mass is 15.1. The molecule has 0 spiro atoms. The number of likely N-dealkylation sites (N-methyl/N-ethyl adjacent to an activating group) is 1. The van der Waals surface area contributed by atoms with E-state index in [4.69, 9.17) is 0 Å². The SMILES string of the molecule is C=CC1=C(N=C)CCCN1C. The van der Waals surface area contributed by atoms with Crippen LogP contribution in [0.1, 0.15) is 12.8 Å². The molecule has 0 radical (unpaired) electrons. The van der Waals surface area contributed by atoms with Crippen molar-refractivity contribution in [1.82, 2.24) is 4.90 Å². The minimum atomic E-state index is 1.04. The van der Waals surface area contributed by atoms with E-state index >= 15 is 0 Å². The van der Waals surface area contributed by atoms with Crippen molar-refractivity contribution in [2.75, 3.05) is 13.6 Å².